The standard InChI is InChI=1S/C19H21N2/c1-13-8-14(2)19(15(3)9-13)20-11-17-10-16-6-4-5-7-18(16)21(17)12-20/h4-9,12,17H,10-11H2,1-3H3/q+1. The van der Waals surface area contributed by atoms with Crippen molar-refractivity contribution in [2.24, 2.45) is 0 Å². The highest BCUT2D eigenvalue weighted by atomic mass is 15.3. The van der Waals surface area contributed by atoms with E-state index in [-0.39, 0.29) is 0 Å². The molecule has 0 spiro atoms. The molecule has 2 aromatic rings. The third-order valence-electron chi connectivity index (χ3n) is 4.71. The van der Waals surface area contributed by atoms with Gasteiger partial charge >= 0.3 is 0 Å². The zero-order valence-corrected chi connectivity index (χ0v) is 12.9. The van der Waals surface area contributed by atoms with E-state index in [2.05, 4.69) is 73.0 Å². The zero-order chi connectivity index (χ0) is 14.6. The van der Waals surface area contributed by atoms with Gasteiger partial charge in [0, 0.05) is 12.0 Å². The summed E-state index contributed by atoms with van der Waals surface area (Å²) >= 11 is 0. The molecule has 2 aliphatic heterocycles. The molecule has 106 valence electrons. The van der Waals surface area contributed by atoms with Crippen LogP contribution in [0, 0.1) is 20.8 Å². The van der Waals surface area contributed by atoms with Crippen molar-refractivity contribution in [2.45, 2.75) is 33.2 Å². The van der Waals surface area contributed by atoms with Crippen LogP contribution in [0.15, 0.2) is 36.4 Å². The summed E-state index contributed by atoms with van der Waals surface area (Å²) in [6, 6.07) is 13.9. The van der Waals surface area contributed by atoms with Crippen molar-refractivity contribution in [3.8, 4) is 0 Å². The van der Waals surface area contributed by atoms with Crippen molar-refractivity contribution < 1.29 is 4.58 Å². The minimum absolute atomic E-state index is 0.586. The van der Waals surface area contributed by atoms with Gasteiger partial charge in [0.2, 0.25) is 6.34 Å². The molecule has 2 heterocycles. The lowest BCUT2D eigenvalue weighted by Gasteiger charge is -2.10. The lowest BCUT2D eigenvalue weighted by atomic mass is 10.0. The second kappa shape index (κ2) is 4.45. The van der Waals surface area contributed by atoms with Gasteiger partial charge < -0.3 is 0 Å². The third kappa shape index (κ3) is 1.90. The number of hydrogen-bond acceptors (Lipinski definition) is 1. The second-order valence-electron chi connectivity index (χ2n) is 6.41. The lowest BCUT2D eigenvalue weighted by Crippen LogP contribution is -2.27. The predicted molar refractivity (Wildman–Crippen MR) is 87.9 cm³/mol. The molecule has 0 saturated heterocycles. The lowest BCUT2D eigenvalue weighted by molar-refractivity contribution is -0.429. The predicted octanol–water partition coefficient (Wildman–Crippen LogP) is 3.73. The molecule has 2 aromatic carbocycles. The molecule has 1 atom stereocenters. The number of fused-ring (bicyclic) bond motifs is 3. The topological polar surface area (TPSA) is 6.25 Å². The van der Waals surface area contributed by atoms with Crippen molar-refractivity contribution in [1.29, 1.82) is 0 Å². The average molecular weight is 277 g/mol. The maximum absolute atomic E-state index is 2.45. The van der Waals surface area contributed by atoms with Gasteiger partial charge in [0.15, 0.2) is 0 Å². The first-order valence-corrected chi connectivity index (χ1v) is 7.69. The van der Waals surface area contributed by atoms with E-state index in [1.54, 1.807) is 0 Å². The van der Waals surface area contributed by atoms with E-state index in [1.165, 1.54) is 33.6 Å². The summed E-state index contributed by atoms with van der Waals surface area (Å²) in [6.07, 6.45) is 3.47. The van der Waals surface area contributed by atoms with Crippen LogP contribution in [0.25, 0.3) is 0 Å². The zero-order valence-electron chi connectivity index (χ0n) is 12.9. The summed E-state index contributed by atoms with van der Waals surface area (Å²) in [5, 5.41) is 0. The molecule has 0 aromatic heterocycles. The monoisotopic (exact) mass is 277 g/mol. The minimum Gasteiger partial charge on any atom is -0.229 e. The van der Waals surface area contributed by atoms with Crippen molar-refractivity contribution in [1.82, 2.24) is 0 Å². The van der Waals surface area contributed by atoms with Gasteiger partial charge in [-0.3, -0.25) is 0 Å². The van der Waals surface area contributed by atoms with E-state index in [1.807, 2.05) is 0 Å². The van der Waals surface area contributed by atoms with Crippen molar-refractivity contribution >= 4 is 17.7 Å². The highest BCUT2D eigenvalue weighted by Gasteiger charge is 2.41. The van der Waals surface area contributed by atoms with Crippen LogP contribution in [0.4, 0.5) is 11.4 Å². The first-order valence-electron chi connectivity index (χ1n) is 7.69. The molecule has 0 saturated carbocycles. The molecule has 0 fully saturated rings. The molecule has 2 heteroatoms. The number of para-hydroxylation sites is 1. The smallest absolute Gasteiger partial charge is 0.229 e. The number of benzene rings is 2. The maximum atomic E-state index is 2.45. The first-order chi connectivity index (χ1) is 10.1. The number of aryl methyl sites for hydroxylation is 3. The highest BCUT2D eigenvalue weighted by Crippen LogP contribution is 2.35. The van der Waals surface area contributed by atoms with Gasteiger partial charge in [0.1, 0.15) is 24.0 Å². The molecule has 21 heavy (non-hydrogen) atoms. The fourth-order valence-corrected chi connectivity index (χ4v) is 3.99. The van der Waals surface area contributed by atoms with Gasteiger partial charge in [-0.1, -0.05) is 35.9 Å². The summed E-state index contributed by atoms with van der Waals surface area (Å²) in [6.45, 7) is 7.70. The molecule has 2 nitrogen and oxygen atoms in total. The molecule has 2 aliphatic rings. The molecule has 0 N–H and O–H groups in total. The van der Waals surface area contributed by atoms with Crippen LogP contribution < -0.4 is 4.90 Å². The quantitative estimate of drug-likeness (QED) is 0.720. The number of rotatable bonds is 1. The Morgan fingerprint density at radius 2 is 1.76 bits per heavy atom. The van der Waals surface area contributed by atoms with Crippen LogP contribution in [0.1, 0.15) is 22.3 Å². The van der Waals surface area contributed by atoms with Gasteiger partial charge in [-0.2, -0.15) is 0 Å². The van der Waals surface area contributed by atoms with E-state index < -0.39 is 0 Å². The largest absolute Gasteiger partial charge is 0.245 e. The average Bonchev–Trinajstić information content (AvgIpc) is 2.94. The number of nitrogens with zero attached hydrogens (tertiary/aromatic N) is 2. The molecule has 0 aliphatic carbocycles. The first kappa shape index (κ1) is 12.6. The molecular weight excluding hydrogens is 256 g/mol. The van der Waals surface area contributed by atoms with E-state index in [4.69, 9.17) is 0 Å². The minimum atomic E-state index is 0.586. The van der Waals surface area contributed by atoms with Gasteiger partial charge in [-0.15, -0.1) is 0 Å². The van der Waals surface area contributed by atoms with Gasteiger partial charge in [0.25, 0.3) is 0 Å². The number of hydrogen-bond donors (Lipinski definition) is 0. The summed E-state index contributed by atoms with van der Waals surface area (Å²) in [7, 11) is 0. The molecule has 1 unspecified atom stereocenters. The van der Waals surface area contributed by atoms with Gasteiger partial charge in [0.05, 0.1) is 0 Å². The van der Waals surface area contributed by atoms with E-state index in [0.29, 0.717) is 6.04 Å². The van der Waals surface area contributed by atoms with Crippen LogP contribution in [-0.4, -0.2) is 23.5 Å². The van der Waals surface area contributed by atoms with Crippen LogP contribution in [0.5, 0.6) is 0 Å². The van der Waals surface area contributed by atoms with Crippen LogP contribution in [0.3, 0.4) is 0 Å². The Kier molecular flexibility index (Phi) is 2.68. The summed E-state index contributed by atoms with van der Waals surface area (Å²) in [5.74, 6) is 0. The van der Waals surface area contributed by atoms with Crippen molar-refractivity contribution in [3.63, 3.8) is 0 Å². The fourth-order valence-electron chi connectivity index (χ4n) is 3.99. The van der Waals surface area contributed by atoms with Crippen molar-refractivity contribution in [3.05, 3.63) is 58.7 Å². The number of anilines is 1. The molecule has 0 amide bonds. The van der Waals surface area contributed by atoms with Crippen molar-refractivity contribution in [2.75, 3.05) is 11.4 Å². The Hall–Kier alpha value is -2.09. The van der Waals surface area contributed by atoms with Gasteiger partial charge in [-0.25, -0.2) is 9.48 Å². The normalized spacial score (nSPS) is 19.5. The second-order valence-corrected chi connectivity index (χ2v) is 6.41. The SMILES string of the molecule is Cc1cc(C)c([N+]2=CN3c4ccccc4CC3C2)c(C)c1. The summed E-state index contributed by atoms with van der Waals surface area (Å²) in [4.78, 5) is 2.45. The Bertz CT molecular complexity index is 735. The highest BCUT2D eigenvalue weighted by molar-refractivity contribution is 5.83. The third-order valence-corrected chi connectivity index (χ3v) is 4.71. The van der Waals surface area contributed by atoms with Gasteiger partial charge in [-0.05, 0) is 38.0 Å². The maximum Gasteiger partial charge on any atom is 0.245 e. The Morgan fingerprint density at radius 1 is 1.05 bits per heavy atom. The van der Waals surface area contributed by atoms with Crippen LogP contribution >= 0.6 is 0 Å². The summed E-state index contributed by atoms with van der Waals surface area (Å²) in [5.41, 5.74) is 8.34. The molecule has 0 bridgehead atoms. The van der Waals surface area contributed by atoms with E-state index >= 15 is 0 Å². The van der Waals surface area contributed by atoms with Crippen LogP contribution in [-0.2, 0) is 6.42 Å². The molecule has 4 rings (SSSR count). The van der Waals surface area contributed by atoms with E-state index in [0.717, 1.165) is 13.0 Å². The Balaban J connectivity index is 1.78. The van der Waals surface area contributed by atoms with E-state index in [9.17, 15) is 0 Å². The van der Waals surface area contributed by atoms with Crippen LogP contribution in [0.2, 0.25) is 0 Å². The fraction of sp³-hybridized carbons (Fsp3) is 0.316. The molecule has 0 radical (unpaired) electrons. The summed E-state index contributed by atoms with van der Waals surface area (Å²) < 4.78 is 2.44. The molecular formula is C19H21N2+. The Labute approximate surface area is 126 Å². The Morgan fingerprint density at radius 3 is 2.52 bits per heavy atom.